The van der Waals surface area contributed by atoms with Crippen LogP contribution in [0.4, 0.5) is 0 Å². The SMILES string of the molecule is O=C(Cc1cn(-c2ccc(Cl)cc2)c(-c2ccccc2Cl)n1)NN1CC2CCCC2C1. The van der Waals surface area contributed by atoms with E-state index >= 15 is 0 Å². The molecule has 1 amide bonds. The Morgan fingerprint density at radius 1 is 1.03 bits per heavy atom. The number of benzene rings is 2. The molecular weight excluding hydrogens is 431 g/mol. The van der Waals surface area contributed by atoms with Crippen molar-refractivity contribution in [2.45, 2.75) is 25.7 Å². The predicted octanol–water partition coefficient (Wildman–Crippen LogP) is 5.15. The summed E-state index contributed by atoms with van der Waals surface area (Å²) in [6, 6.07) is 15.1. The molecule has 1 N–H and O–H groups in total. The van der Waals surface area contributed by atoms with E-state index in [0.717, 1.165) is 36.2 Å². The molecule has 3 aromatic rings. The van der Waals surface area contributed by atoms with Crippen LogP contribution in [0.1, 0.15) is 25.0 Å². The number of imidazole rings is 1. The zero-order valence-corrected chi connectivity index (χ0v) is 18.6. The maximum atomic E-state index is 12.7. The van der Waals surface area contributed by atoms with Gasteiger partial charge in [0.2, 0.25) is 5.91 Å². The van der Waals surface area contributed by atoms with Gasteiger partial charge in [-0.15, -0.1) is 0 Å². The maximum Gasteiger partial charge on any atom is 0.240 e. The van der Waals surface area contributed by atoms with Crippen molar-refractivity contribution in [3.8, 4) is 17.1 Å². The van der Waals surface area contributed by atoms with Crippen molar-refractivity contribution in [1.82, 2.24) is 20.0 Å². The first-order valence-electron chi connectivity index (χ1n) is 10.7. The molecular formula is C24H24Cl2N4O. The van der Waals surface area contributed by atoms with Gasteiger partial charge in [0.15, 0.2) is 0 Å². The summed E-state index contributed by atoms with van der Waals surface area (Å²) < 4.78 is 1.96. The first kappa shape index (κ1) is 20.6. The van der Waals surface area contributed by atoms with E-state index in [-0.39, 0.29) is 12.3 Å². The number of hydrazine groups is 1. The van der Waals surface area contributed by atoms with E-state index in [1.807, 2.05) is 59.3 Å². The molecule has 2 fully saturated rings. The Hall–Kier alpha value is -2.34. The molecule has 160 valence electrons. The fraction of sp³-hybridized carbons (Fsp3) is 0.333. The van der Waals surface area contributed by atoms with E-state index in [2.05, 4.69) is 10.4 Å². The summed E-state index contributed by atoms with van der Waals surface area (Å²) >= 11 is 12.5. The van der Waals surface area contributed by atoms with Crippen molar-refractivity contribution >= 4 is 29.1 Å². The second-order valence-electron chi connectivity index (χ2n) is 8.45. The summed E-state index contributed by atoms with van der Waals surface area (Å²) in [6.45, 7) is 1.92. The molecule has 2 aliphatic rings. The number of nitrogens with zero attached hydrogens (tertiary/aromatic N) is 3. The minimum Gasteiger partial charge on any atom is -0.299 e. The minimum absolute atomic E-state index is 0.0357. The highest BCUT2D eigenvalue weighted by molar-refractivity contribution is 6.33. The monoisotopic (exact) mass is 454 g/mol. The van der Waals surface area contributed by atoms with Crippen molar-refractivity contribution in [1.29, 1.82) is 0 Å². The number of carbonyl (C=O) groups excluding carboxylic acids is 1. The first-order valence-corrected chi connectivity index (χ1v) is 11.5. The van der Waals surface area contributed by atoms with Crippen LogP contribution in [-0.2, 0) is 11.2 Å². The van der Waals surface area contributed by atoms with Gasteiger partial charge < -0.3 is 0 Å². The molecule has 2 aromatic carbocycles. The van der Waals surface area contributed by atoms with E-state index in [1.54, 1.807) is 0 Å². The minimum atomic E-state index is -0.0357. The van der Waals surface area contributed by atoms with Gasteiger partial charge in [-0.25, -0.2) is 9.99 Å². The maximum absolute atomic E-state index is 12.7. The number of rotatable bonds is 5. The molecule has 1 saturated heterocycles. The van der Waals surface area contributed by atoms with Crippen LogP contribution in [0.5, 0.6) is 0 Å². The molecule has 0 spiro atoms. The molecule has 5 rings (SSSR count). The van der Waals surface area contributed by atoms with Crippen LogP contribution >= 0.6 is 23.2 Å². The Morgan fingerprint density at radius 3 is 2.45 bits per heavy atom. The zero-order chi connectivity index (χ0) is 21.4. The summed E-state index contributed by atoms with van der Waals surface area (Å²) in [7, 11) is 0. The average Bonchev–Trinajstić information content (AvgIpc) is 3.44. The summed E-state index contributed by atoms with van der Waals surface area (Å²) in [6.07, 6.45) is 6.00. The molecule has 1 saturated carbocycles. The first-order chi connectivity index (χ1) is 15.1. The molecule has 5 nitrogen and oxygen atoms in total. The summed E-state index contributed by atoms with van der Waals surface area (Å²) in [5.74, 6) is 2.13. The Kier molecular flexibility index (Phi) is 5.74. The average molecular weight is 455 g/mol. The van der Waals surface area contributed by atoms with Gasteiger partial charge in [-0.1, -0.05) is 41.8 Å². The molecule has 7 heteroatoms. The number of halogens is 2. The second-order valence-corrected chi connectivity index (χ2v) is 9.29. The molecule has 1 aliphatic carbocycles. The van der Waals surface area contributed by atoms with Gasteiger partial charge in [0.1, 0.15) is 5.82 Å². The van der Waals surface area contributed by atoms with Crippen LogP contribution in [-0.4, -0.2) is 33.6 Å². The van der Waals surface area contributed by atoms with Gasteiger partial charge in [-0.05, 0) is 61.1 Å². The third-order valence-corrected chi connectivity index (χ3v) is 6.91. The molecule has 2 atom stereocenters. The van der Waals surface area contributed by atoms with Crippen molar-refractivity contribution < 1.29 is 4.79 Å². The number of amides is 1. The number of fused-ring (bicyclic) bond motifs is 1. The highest BCUT2D eigenvalue weighted by Crippen LogP contribution is 2.37. The standard InChI is InChI=1S/C24H24Cl2N4O/c25-18-8-10-20(11-9-18)30-15-19(27-24(30)21-6-1-2-7-22(21)26)12-23(31)28-29-13-16-4-3-5-17(16)14-29/h1-2,6-11,15-17H,3-5,12-14H2,(H,28,31). The predicted molar refractivity (Wildman–Crippen MR) is 123 cm³/mol. The van der Waals surface area contributed by atoms with E-state index in [4.69, 9.17) is 28.2 Å². The second kappa shape index (κ2) is 8.65. The highest BCUT2D eigenvalue weighted by atomic mass is 35.5. The van der Waals surface area contributed by atoms with Gasteiger partial charge in [0.25, 0.3) is 0 Å². The van der Waals surface area contributed by atoms with Crippen LogP contribution in [0.25, 0.3) is 17.1 Å². The normalized spacial score (nSPS) is 20.7. The molecule has 2 unspecified atom stereocenters. The smallest absolute Gasteiger partial charge is 0.240 e. The van der Waals surface area contributed by atoms with Gasteiger partial charge in [-0.3, -0.25) is 14.8 Å². The molecule has 0 bridgehead atoms. The lowest BCUT2D eigenvalue weighted by atomic mass is 10.0. The third kappa shape index (κ3) is 4.36. The summed E-state index contributed by atoms with van der Waals surface area (Å²) in [5, 5.41) is 3.36. The quantitative estimate of drug-likeness (QED) is 0.579. The molecule has 0 radical (unpaired) electrons. The van der Waals surface area contributed by atoms with Crippen LogP contribution in [0.2, 0.25) is 10.0 Å². The lowest BCUT2D eigenvalue weighted by molar-refractivity contribution is -0.125. The Morgan fingerprint density at radius 2 is 1.74 bits per heavy atom. The van der Waals surface area contributed by atoms with Crippen molar-refractivity contribution in [3.63, 3.8) is 0 Å². The van der Waals surface area contributed by atoms with Crippen LogP contribution in [0.15, 0.2) is 54.7 Å². The fourth-order valence-corrected chi connectivity index (χ4v) is 5.20. The molecule has 1 aliphatic heterocycles. The number of aromatic nitrogens is 2. The van der Waals surface area contributed by atoms with E-state index < -0.39 is 0 Å². The van der Waals surface area contributed by atoms with E-state index in [0.29, 0.717) is 21.6 Å². The highest BCUT2D eigenvalue weighted by Gasteiger charge is 2.36. The Bertz CT molecular complexity index is 1080. The summed E-state index contributed by atoms with van der Waals surface area (Å²) in [5.41, 5.74) is 5.51. The number of hydrogen-bond donors (Lipinski definition) is 1. The molecule has 31 heavy (non-hydrogen) atoms. The number of carbonyl (C=O) groups is 1. The van der Waals surface area contributed by atoms with Crippen LogP contribution < -0.4 is 5.43 Å². The van der Waals surface area contributed by atoms with Crippen molar-refractivity contribution in [2.75, 3.05) is 13.1 Å². The van der Waals surface area contributed by atoms with Gasteiger partial charge in [-0.2, -0.15) is 0 Å². The largest absolute Gasteiger partial charge is 0.299 e. The van der Waals surface area contributed by atoms with Gasteiger partial charge in [0.05, 0.1) is 17.1 Å². The van der Waals surface area contributed by atoms with E-state index in [1.165, 1.54) is 19.3 Å². The van der Waals surface area contributed by atoms with E-state index in [9.17, 15) is 4.79 Å². The third-order valence-electron chi connectivity index (χ3n) is 6.33. The van der Waals surface area contributed by atoms with Crippen molar-refractivity contribution in [3.05, 3.63) is 70.5 Å². The Labute approximate surface area is 192 Å². The van der Waals surface area contributed by atoms with Crippen molar-refractivity contribution in [2.24, 2.45) is 11.8 Å². The summed E-state index contributed by atoms with van der Waals surface area (Å²) in [4.78, 5) is 17.5. The lowest BCUT2D eigenvalue weighted by Gasteiger charge is -2.17. The molecule has 1 aromatic heterocycles. The van der Waals surface area contributed by atoms with Gasteiger partial charge in [0, 0.05) is 35.6 Å². The topological polar surface area (TPSA) is 50.2 Å². The Balaban J connectivity index is 1.39. The number of nitrogens with one attached hydrogen (secondary N) is 1. The fourth-order valence-electron chi connectivity index (χ4n) is 4.85. The van der Waals surface area contributed by atoms with Gasteiger partial charge >= 0.3 is 0 Å². The zero-order valence-electron chi connectivity index (χ0n) is 17.1. The van der Waals surface area contributed by atoms with Crippen LogP contribution in [0, 0.1) is 11.8 Å². The van der Waals surface area contributed by atoms with Crippen LogP contribution in [0.3, 0.4) is 0 Å². The lowest BCUT2D eigenvalue weighted by Crippen LogP contribution is -2.41. The number of hydrogen-bond acceptors (Lipinski definition) is 3. The molecule has 2 heterocycles.